The summed E-state index contributed by atoms with van der Waals surface area (Å²) in [5, 5.41) is 15.9. The number of anilines is 3. The van der Waals surface area contributed by atoms with E-state index in [1.165, 1.54) is 4.90 Å². The molecule has 10 heteroatoms. The lowest BCUT2D eigenvalue weighted by Gasteiger charge is -2.24. The Morgan fingerprint density at radius 3 is 2.60 bits per heavy atom. The number of hydrogen-bond acceptors (Lipinski definition) is 8. The lowest BCUT2D eigenvalue weighted by molar-refractivity contribution is 0.0588. The Hall–Kier alpha value is -4.08. The molecule has 4 aromatic heterocycles. The molecule has 4 aromatic rings. The monoisotopic (exact) mass is 474 g/mol. The van der Waals surface area contributed by atoms with Gasteiger partial charge in [0.15, 0.2) is 11.6 Å². The van der Waals surface area contributed by atoms with Gasteiger partial charge in [0.05, 0.1) is 17.2 Å². The molecule has 0 saturated carbocycles. The number of fused-ring (bicyclic) bond motifs is 1. The summed E-state index contributed by atoms with van der Waals surface area (Å²) in [5.41, 5.74) is 3.43. The number of carbonyl (C=O) groups excluding carboxylic acids is 1. The maximum Gasteiger partial charge on any atom is 0.415 e. The van der Waals surface area contributed by atoms with Crippen LogP contribution in [0.4, 0.5) is 22.2 Å². The fraction of sp³-hybridized carbons (Fsp3) is 0.360. The topological polar surface area (TPSA) is 111 Å². The van der Waals surface area contributed by atoms with Crippen LogP contribution in [0.25, 0.3) is 22.2 Å². The summed E-state index contributed by atoms with van der Waals surface area (Å²) in [7, 11) is 3.44. The summed E-state index contributed by atoms with van der Waals surface area (Å²) < 4.78 is 7.16. The Labute approximate surface area is 204 Å². The fourth-order valence-electron chi connectivity index (χ4n) is 3.46. The van der Waals surface area contributed by atoms with Gasteiger partial charge in [-0.2, -0.15) is 10.2 Å². The van der Waals surface area contributed by atoms with Gasteiger partial charge in [0.25, 0.3) is 0 Å². The molecule has 0 aromatic carbocycles. The summed E-state index contributed by atoms with van der Waals surface area (Å²) in [6.07, 6.45) is 4.87. The van der Waals surface area contributed by atoms with E-state index in [1.54, 1.807) is 31.2 Å². The molecular weight excluding hydrogens is 444 g/mol. The van der Waals surface area contributed by atoms with Crippen LogP contribution in [0.1, 0.15) is 46.1 Å². The van der Waals surface area contributed by atoms with Gasteiger partial charge < -0.3 is 10.1 Å². The molecule has 1 amide bonds. The predicted octanol–water partition coefficient (Wildman–Crippen LogP) is 5.06. The fourth-order valence-corrected chi connectivity index (χ4v) is 3.46. The molecule has 4 heterocycles. The maximum atomic E-state index is 12.7. The minimum Gasteiger partial charge on any atom is -0.443 e. The van der Waals surface area contributed by atoms with E-state index in [0.29, 0.717) is 28.9 Å². The first-order valence-corrected chi connectivity index (χ1v) is 11.4. The van der Waals surface area contributed by atoms with Crippen LogP contribution in [0.2, 0.25) is 0 Å². The van der Waals surface area contributed by atoms with Gasteiger partial charge in [-0.3, -0.25) is 14.6 Å². The van der Waals surface area contributed by atoms with Gasteiger partial charge in [-0.1, -0.05) is 13.8 Å². The molecule has 0 bridgehead atoms. The highest BCUT2D eigenvalue weighted by molar-refractivity contribution is 5.93. The van der Waals surface area contributed by atoms with Crippen LogP contribution in [-0.2, 0) is 11.8 Å². The Balaban J connectivity index is 1.66. The number of ether oxygens (including phenoxy) is 1. The minimum atomic E-state index is -0.614. The average molecular weight is 475 g/mol. The number of amides is 1. The molecule has 0 aliphatic carbocycles. The van der Waals surface area contributed by atoms with Crippen molar-refractivity contribution < 1.29 is 9.53 Å². The number of rotatable bonds is 5. The van der Waals surface area contributed by atoms with Crippen LogP contribution in [0.15, 0.2) is 42.9 Å². The SMILES string of the molecule is CC(C)c1cnnc(Nc2ccc3ncc(-c4cn(C)nc4N(C)C(=O)OC(C)(C)C)cc3n2)c1. The largest absolute Gasteiger partial charge is 0.443 e. The van der Waals surface area contributed by atoms with Crippen LogP contribution in [0.5, 0.6) is 0 Å². The summed E-state index contributed by atoms with van der Waals surface area (Å²) in [4.78, 5) is 23.3. The summed E-state index contributed by atoms with van der Waals surface area (Å²) in [6, 6.07) is 7.63. The number of hydrogen-bond donors (Lipinski definition) is 1. The van der Waals surface area contributed by atoms with Gasteiger partial charge in [0.2, 0.25) is 0 Å². The Morgan fingerprint density at radius 2 is 1.89 bits per heavy atom. The van der Waals surface area contributed by atoms with Gasteiger partial charge >= 0.3 is 6.09 Å². The molecule has 0 aliphatic rings. The van der Waals surface area contributed by atoms with E-state index in [2.05, 4.69) is 39.4 Å². The third-order valence-corrected chi connectivity index (χ3v) is 5.24. The first-order valence-electron chi connectivity index (χ1n) is 11.4. The first-order chi connectivity index (χ1) is 16.5. The number of pyridine rings is 2. The third kappa shape index (κ3) is 5.53. The number of carbonyl (C=O) groups is 1. The zero-order valence-corrected chi connectivity index (χ0v) is 21.1. The van der Waals surface area contributed by atoms with Crippen LogP contribution in [0, 0.1) is 0 Å². The summed E-state index contributed by atoms with van der Waals surface area (Å²) >= 11 is 0. The van der Waals surface area contributed by atoms with Gasteiger partial charge in [-0.15, -0.1) is 5.10 Å². The highest BCUT2D eigenvalue weighted by Gasteiger charge is 2.25. The Morgan fingerprint density at radius 1 is 1.11 bits per heavy atom. The molecule has 1 N–H and O–H groups in total. The lowest BCUT2D eigenvalue weighted by atomic mass is 10.1. The van der Waals surface area contributed by atoms with Crippen LogP contribution < -0.4 is 10.2 Å². The zero-order valence-electron chi connectivity index (χ0n) is 21.1. The van der Waals surface area contributed by atoms with Crippen molar-refractivity contribution in [3.63, 3.8) is 0 Å². The molecular formula is C25H30N8O2. The molecule has 0 aliphatic heterocycles. The van der Waals surface area contributed by atoms with Crippen molar-refractivity contribution in [2.75, 3.05) is 17.3 Å². The normalized spacial score (nSPS) is 11.7. The van der Waals surface area contributed by atoms with Crippen LogP contribution >= 0.6 is 0 Å². The quantitative estimate of drug-likeness (QED) is 0.427. The molecule has 4 rings (SSSR count). The molecule has 0 atom stereocenters. The average Bonchev–Trinajstić information content (AvgIpc) is 3.18. The second kappa shape index (κ2) is 9.28. The van der Waals surface area contributed by atoms with Crippen LogP contribution in [0.3, 0.4) is 0 Å². The Bertz CT molecular complexity index is 1370. The Kier molecular flexibility index (Phi) is 6.38. The van der Waals surface area contributed by atoms with Gasteiger partial charge in [-0.25, -0.2) is 9.78 Å². The van der Waals surface area contributed by atoms with Gasteiger partial charge in [0, 0.05) is 37.6 Å². The standard InChI is InChI=1S/C25H30N8O2/c1-15(2)16-11-22(30-27-13-16)29-21-9-8-19-20(28-21)10-17(12-26-19)18-14-32(6)31-23(18)33(7)24(34)35-25(3,4)5/h8-15H,1-7H3,(H,28,29,30). The van der Waals surface area contributed by atoms with Crippen LogP contribution in [-0.4, -0.2) is 48.7 Å². The molecule has 0 unspecified atom stereocenters. The third-order valence-electron chi connectivity index (χ3n) is 5.24. The van der Waals surface area contributed by atoms with E-state index in [9.17, 15) is 4.79 Å². The van der Waals surface area contributed by atoms with Crippen molar-refractivity contribution in [1.29, 1.82) is 0 Å². The van der Waals surface area contributed by atoms with E-state index < -0.39 is 11.7 Å². The number of aryl methyl sites for hydroxylation is 1. The molecule has 10 nitrogen and oxygen atoms in total. The molecule has 0 spiro atoms. The predicted molar refractivity (Wildman–Crippen MR) is 136 cm³/mol. The van der Waals surface area contributed by atoms with Gasteiger partial charge in [0.1, 0.15) is 11.4 Å². The van der Waals surface area contributed by atoms with Crippen molar-refractivity contribution in [3.8, 4) is 11.1 Å². The maximum absolute atomic E-state index is 12.7. The second-order valence-corrected chi connectivity index (χ2v) is 9.69. The number of aromatic nitrogens is 6. The molecule has 0 radical (unpaired) electrons. The smallest absolute Gasteiger partial charge is 0.415 e. The van der Waals surface area contributed by atoms with E-state index in [4.69, 9.17) is 9.72 Å². The summed E-state index contributed by atoms with van der Waals surface area (Å²) in [5.74, 6) is 2.07. The number of nitrogens with one attached hydrogen (secondary N) is 1. The second-order valence-electron chi connectivity index (χ2n) is 9.69. The minimum absolute atomic E-state index is 0.342. The lowest BCUT2D eigenvalue weighted by Crippen LogP contribution is -2.34. The molecule has 0 saturated heterocycles. The van der Waals surface area contributed by atoms with E-state index in [0.717, 1.165) is 22.2 Å². The van der Waals surface area contributed by atoms with E-state index >= 15 is 0 Å². The highest BCUT2D eigenvalue weighted by Crippen LogP contribution is 2.31. The van der Waals surface area contributed by atoms with Crippen molar-refractivity contribution in [2.24, 2.45) is 7.05 Å². The van der Waals surface area contributed by atoms with Crippen molar-refractivity contribution in [1.82, 2.24) is 29.9 Å². The van der Waals surface area contributed by atoms with Crippen molar-refractivity contribution in [2.45, 2.75) is 46.1 Å². The molecule has 182 valence electrons. The summed E-state index contributed by atoms with van der Waals surface area (Å²) in [6.45, 7) is 9.69. The van der Waals surface area contributed by atoms with Crippen molar-refractivity contribution in [3.05, 3.63) is 48.4 Å². The molecule has 35 heavy (non-hydrogen) atoms. The zero-order chi connectivity index (χ0) is 25.3. The van der Waals surface area contributed by atoms with Crippen molar-refractivity contribution >= 4 is 34.6 Å². The van der Waals surface area contributed by atoms with E-state index in [1.807, 2.05) is 51.2 Å². The van der Waals surface area contributed by atoms with E-state index in [-0.39, 0.29) is 0 Å². The highest BCUT2D eigenvalue weighted by atomic mass is 16.6. The number of nitrogens with zero attached hydrogens (tertiary/aromatic N) is 7. The van der Waals surface area contributed by atoms with Gasteiger partial charge in [-0.05, 0) is 56.5 Å². The first kappa shape index (κ1) is 24.1. The molecule has 0 fully saturated rings.